The molecule has 0 unspecified atom stereocenters. The molecule has 1 aliphatic carbocycles. The molecule has 1 saturated carbocycles. The number of hydrogen-bond acceptors (Lipinski definition) is 3. The number of imidazole rings is 1. The van der Waals surface area contributed by atoms with E-state index in [-0.39, 0.29) is 12.0 Å². The van der Waals surface area contributed by atoms with Gasteiger partial charge in [0.05, 0.1) is 12.0 Å². The normalized spacial score (nSPS) is 24.6. The molecule has 2 N–H and O–H groups in total. The Morgan fingerprint density at radius 2 is 2.19 bits per heavy atom. The van der Waals surface area contributed by atoms with Gasteiger partial charge in [0.15, 0.2) is 0 Å². The average molecular weight is 222 g/mol. The van der Waals surface area contributed by atoms with E-state index in [1.165, 1.54) is 5.69 Å². The molecule has 1 aromatic rings. The molecule has 88 valence electrons. The summed E-state index contributed by atoms with van der Waals surface area (Å²) in [5, 5.41) is 9.35. The van der Waals surface area contributed by atoms with Crippen molar-refractivity contribution in [1.29, 1.82) is 0 Å². The summed E-state index contributed by atoms with van der Waals surface area (Å²) in [5.41, 5.74) is 1.18. The minimum Gasteiger partial charge on any atom is -0.395 e. The van der Waals surface area contributed by atoms with Gasteiger partial charge >= 0.3 is 0 Å². The molecule has 4 nitrogen and oxygen atoms in total. The van der Waals surface area contributed by atoms with Crippen LogP contribution in [0.2, 0.25) is 0 Å². The van der Waals surface area contributed by atoms with E-state index in [1.807, 2.05) is 6.20 Å². The molecule has 3 rings (SSSR count). The van der Waals surface area contributed by atoms with Crippen LogP contribution in [0.4, 0.5) is 0 Å². The van der Waals surface area contributed by atoms with Crippen LogP contribution in [0.3, 0.4) is 0 Å². The number of H-pyrrole nitrogens is 1. The van der Waals surface area contributed by atoms with E-state index in [0.717, 1.165) is 44.7 Å². The first-order valence-electron chi connectivity index (χ1n) is 6.08. The van der Waals surface area contributed by atoms with Crippen LogP contribution in [0.1, 0.15) is 43.1 Å². The van der Waals surface area contributed by atoms with Gasteiger partial charge < -0.3 is 14.8 Å². The highest BCUT2D eigenvalue weighted by Crippen LogP contribution is 2.46. The smallest absolute Gasteiger partial charge is 0.114 e. The van der Waals surface area contributed by atoms with Crippen molar-refractivity contribution in [2.45, 2.75) is 37.0 Å². The minimum absolute atomic E-state index is 0.0383. The van der Waals surface area contributed by atoms with E-state index in [2.05, 4.69) is 9.97 Å². The zero-order chi connectivity index (χ0) is 11.0. The van der Waals surface area contributed by atoms with E-state index >= 15 is 0 Å². The largest absolute Gasteiger partial charge is 0.395 e. The van der Waals surface area contributed by atoms with Gasteiger partial charge in [-0.15, -0.1) is 0 Å². The summed E-state index contributed by atoms with van der Waals surface area (Å²) < 4.78 is 5.35. The van der Waals surface area contributed by atoms with Crippen molar-refractivity contribution in [1.82, 2.24) is 9.97 Å². The first-order chi connectivity index (χ1) is 7.84. The molecule has 0 atom stereocenters. The molecule has 0 aromatic carbocycles. The second-order valence-corrected chi connectivity index (χ2v) is 5.01. The van der Waals surface area contributed by atoms with Gasteiger partial charge in [-0.25, -0.2) is 4.98 Å². The van der Waals surface area contributed by atoms with Crippen LogP contribution >= 0.6 is 0 Å². The molecule has 0 bridgehead atoms. The Morgan fingerprint density at radius 1 is 1.44 bits per heavy atom. The van der Waals surface area contributed by atoms with Crippen LogP contribution in [0.15, 0.2) is 6.20 Å². The summed E-state index contributed by atoms with van der Waals surface area (Å²) in [6.07, 6.45) is 6.22. The molecule has 1 aromatic heterocycles. The number of nitrogens with one attached hydrogen (secondary N) is 1. The lowest BCUT2D eigenvalue weighted by Crippen LogP contribution is -2.16. The Labute approximate surface area is 95.0 Å². The summed E-state index contributed by atoms with van der Waals surface area (Å²) in [6.45, 7) is 1.92. The van der Waals surface area contributed by atoms with Crippen LogP contribution in [0.5, 0.6) is 0 Å². The van der Waals surface area contributed by atoms with E-state index in [9.17, 15) is 5.11 Å². The predicted molar refractivity (Wildman–Crippen MR) is 59.4 cm³/mol. The van der Waals surface area contributed by atoms with Gasteiger partial charge in [-0.3, -0.25) is 0 Å². The maximum absolute atomic E-state index is 9.35. The highest BCUT2D eigenvalue weighted by molar-refractivity contribution is 5.21. The zero-order valence-electron chi connectivity index (χ0n) is 9.41. The molecule has 0 radical (unpaired) electrons. The number of hydrogen-bond donors (Lipinski definition) is 2. The number of aliphatic hydroxyl groups is 1. The molecule has 2 heterocycles. The summed E-state index contributed by atoms with van der Waals surface area (Å²) >= 11 is 0. The maximum Gasteiger partial charge on any atom is 0.114 e. The van der Waals surface area contributed by atoms with E-state index in [4.69, 9.17) is 4.74 Å². The van der Waals surface area contributed by atoms with Gasteiger partial charge in [0.1, 0.15) is 5.82 Å². The lowest BCUT2D eigenvalue weighted by atomic mass is 9.97. The predicted octanol–water partition coefficient (Wildman–Crippen LogP) is 1.33. The van der Waals surface area contributed by atoms with Crippen molar-refractivity contribution in [2.24, 2.45) is 0 Å². The minimum atomic E-state index is -0.0383. The molecule has 0 amide bonds. The van der Waals surface area contributed by atoms with Gasteiger partial charge in [-0.05, 0) is 25.7 Å². The number of aliphatic hydroxyl groups excluding tert-OH is 1. The SMILES string of the molecule is OCC1(c2ncc(C3CCOCC3)[nH]2)CC1. The van der Waals surface area contributed by atoms with Crippen molar-refractivity contribution in [2.75, 3.05) is 19.8 Å². The second-order valence-electron chi connectivity index (χ2n) is 5.01. The Balaban J connectivity index is 1.77. The quantitative estimate of drug-likeness (QED) is 0.811. The number of nitrogens with zero attached hydrogens (tertiary/aromatic N) is 1. The van der Waals surface area contributed by atoms with Crippen molar-refractivity contribution in [3.05, 3.63) is 17.7 Å². The van der Waals surface area contributed by atoms with Crippen LogP contribution in [-0.4, -0.2) is 34.9 Å². The fourth-order valence-electron chi connectivity index (χ4n) is 2.44. The van der Waals surface area contributed by atoms with E-state index < -0.39 is 0 Å². The third-order valence-corrected chi connectivity index (χ3v) is 3.92. The van der Waals surface area contributed by atoms with Crippen LogP contribution < -0.4 is 0 Å². The summed E-state index contributed by atoms with van der Waals surface area (Å²) in [7, 11) is 0. The Morgan fingerprint density at radius 3 is 2.81 bits per heavy atom. The molecular weight excluding hydrogens is 204 g/mol. The average Bonchev–Trinajstić information content (AvgIpc) is 3.00. The fourth-order valence-corrected chi connectivity index (χ4v) is 2.44. The molecule has 2 aliphatic rings. The molecule has 0 spiro atoms. The molecule has 2 fully saturated rings. The van der Waals surface area contributed by atoms with Gasteiger partial charge in [-0.1, -0.05) is 0 Å². The van der Waals surface area contributed by atoms with Crippen molar-refractivity contribution in [3.8, 4) is 0 Å². The summed E-state index contributed by atoms with van der Waals surface area (Å²) in [6, 6.07) is 0. The molecule has 1 aliphatic heterocycles. The third-order valence-electron chi connectivity index (χ3n) is 3.92. The molecule has 4 heteroatoms. The monoisotopic (exact) mass is 222 g/mol. The zero-order valence-corrected chi connectivity index (χ0v) is 9.41. The number of aromatic nitrogens is 2. The van der Waals surface area contributed by atoms with Gasteiger partial charge in [0.25, 0.3) is 0 Å². The topological polar surface area (TPSA) is 58.1 Å². The van der Waals surface area contributed by atoms with Crippen molar-refractivity contribution in [3.63, 3.8) is 0 Å². The second kappa shape index (κ2) is 3.86. The number of aromatic amines is 1. The first-order valence-corrected chi connectivity index (χ1v) is 6.08. The van der Waals surface area contributed by atoms with E-state index in [0.29, 0.717) is 5.92 Å². The van der Waals surface area contributed by atoms with Crippen molar-refractivity contribution >= 4 is 0 Å². The summed E-state index contributed by atoms with van der Waals surface area (Å²) in [4.78, 5) is 7.85. The summed E-state index contributed by atoms with van der Waals surface area (Å²) in [5.74, 6) is 1.54. The standard InChI is InChI=1S/C12H18N2O2/c15-8-12(3-4-12)11-13-7-10(14-11)9-1-5-16-6-2-9/h7,9,15H,1-6,8H2,(H,13,14). The maximum atomic E-state index is 9.35. The van der Waals surface area contributed by atoms with Gasteiger partial charge in [0, 0.05) is 31.0 Å². The molecular formula is C12H18N2O2. The van der Waals surface area contributed by atoms with Gasteiger partial charge in [0.2, 0.25) is 0 Å². The fraction of sp³-hybridized carbons (Fsp3) is 0.750. The van der Waals surface area contributed by atoms with Crippen LogP contribution in [0.25, 0.3) is 0 Å². The first kappa shape index (κ1) is 10.3. The third kappa shape index (κ3) is 1.66. The highest BCUT2D eigenvalue weighted by atomic mass is 16.5. The van der Waals surface area contributed by atoms with Crippen LogP contribution in [-0.2, 0) is 10.2 Å². The number of ether oxygens (including phenoxy) is 1. The van der Waals surface area contributed by atoms with Crippen molar-refractivity contribution < 1.29 is 9.84 Å². The molecule has 1 saturated heterocycles. The van der Waals surface area contributed by atoms with Crippen LogP contribution in [0, 0.1) is 0 Å². The number of rotatable bonds is 3. The molecule has 16 heavy (non-hydrogen) atoms. The lowest BCUT2D eigenvalue weighted by molar-refractivity contribution is 0.0845. The Kier molecular flexibility index (Phi) is 2.48. The Hall–Kier alpha value is -0.870. The van der Waals surface area contributed by atoms with Gasteiger partial charge in [-0.2, -0.15) is 0 Å². The highest BCUT2D eigenvalue weighted by Gasteiger charge is 2.46. The Bertz CT molecular complexity index is 365. The lowest BCUT2D eigenvalue weighted by Gasteiger charge is -2.20. The van der Waals surface area contributed by atoms with E-state index in [1.54, 1.807) is 0 Å².